The molecule has 1 aromatic rings. The molecule has 0 fully saturated rings. The molecule has 1 unspecified atom stereocenters. The average molecular weight is 317 g/mol. The molecular formula is C12H19N3O5S. The van der Waals surface area contributed by atoms with Crippen LogP contribution in [0, 0.1) is 5.92 Å². The fraction of sp³-hybridized carbons (Fsp3) is 0.500. The highest BCUT2D eigenvalue weighted by Crippen LogP contribution is 2.12. The molecule has 1 aromatic heterocycles. The number of carbonyl (C=O) groups is 2. The van der Waals surface area contributed by atoms with Crippen molar-refractivity contribution in [3.63, 3.8) is 0 Å². The van der Waals surface area contributed by atoms with E-state index in [1.165, 1.54) is 23.9 Å². The second-order valence-corrected chi connectivity index (χ2v) is 6.53. The Hall–Kier alpha value is -1.87. The van der Waals surface area contributed by atoms with E-state index in [1.807, 2.05) is 6.92 Å². The smallest absolute Gasteiger partial charge is 0.303 e. The second-order valence-electron chi connectivity index (χ2n) is 4.96. The zero-order valence-electron chi connectivity index (χ0n) is 11.9. The van der Waals surface area contributed by atoms with Crippen molar-refractivity contribution in [3.05, 3.63) is 18.0 Å². The van der Waals surface area contributed by atoms with Crippen LogP contribution in [0.15, 0.2) is 17.2 Å². The maximum Gasteiger partial charge on any atom is 0.303 e. The number of nitrogens with one attached hydrogen (secondary N) is 1. The van der Waals surface area contributed by atoms with Crippen LogP contribution in [0.25, 0.3) is 0 Å². The summed E-state index contributed by atoms with van der Waals surface area (Å²) in [5.74, 6) is -1.31. The summed E-state index contributed by atoms with van der Waals surface area (Å²) in [6.45, 7) is 2.13. The topological polar surface area (TPSA) is 131 Å². The first-order valence-electron chi connectivity index (χ1n) is 6.30. The molecule has 0 aromatic carbocycles. The van der Waals surface area contributed by atoms with Crippen LogP contribution in [0.2, 0.25) is 0 Å². The number of carboxylic acids is 1. The Kier molecular flexibility index (Phi) is 5.50. The van der Waals surface area contributed by atoms with Crippen LogP contribution in [0.5, 0.6) is 0 Å². The van der Waals surface area contributed by atoms with Crippen molar-refractivity contribution in [1.82, 2.24) is 9.88 Å². The van der Waals surface area contributed by atoms with E-state index in [-0.39, 0.29) is 22.9 Å². The normalized spacial score (nSPS) is 12.9. The van der Waals surface area contributed by atoms with Gasteiger partial charge in [-0.25, -0.2) is 13.6 Å². The number of primary sulfonamides is 1. The molecule has 9 heteroatoms. The lowest BCUT2D eigenvalue weighted by Crippen LogP contribution is -2.29. The van der Waals surface area contributed by atoms with Gasteiger partial charge < -0.3 is 15.0 Å². The Morgan fingerprint density at radius 3 is 2.57 bits per heavy atom. The van der Waals surface area contributed by atoms with Gasteiger partial charge in [-0.2, -0.15) is 0 Å². The molecule has 0 bridgehead atoms. The summed E-state index contributed by atoms with van der Waals surface area (Å²) in [6.07, 6.45) is 1.75. The van der Waals surface area contributed by atoms with Crippen molar-refractivity contribution >= 4 is 21.9 Å². The van der Waals surface area contributed by atoms with Crippen molar-refractivity contribution < 1.29 is 23.1 Å². The van der Waals surface area contributed by atoms with Gasteiger partial charge in [-0.1, -0.05) is 6.92 Å². The third kappa shape index (κ3) is 5.20. The number of amides is 1. The molecule has 118 valence electrons. The van der Waals surface area contributed by atoms with Gasteiger partial charge >= 0.3 is 5.97 Å². The Balaban J connectivity index is 2.64. The van der Waals surface area contributed by atoms with Crippen LogP contribution in [0.3, 0.4) is 0 Å². The number of rotatable bonds is 7. The molecule has 21 heavy (non-hydrogen) atoms. The number of aromatic nitrogens is 1. The van der Waals surface area contributed by atoms with Gasteiger partial charge in [0.15, 0.2) is 0 Å². The van der Waals surface area contributed by atoms with Crippen LogP contribution >= 0.6 is 0 Å². The standard InChI is InChI=1S/C12H19N3O5S/c1-8(3-4-11(16)17)6-14-12(18)10-5-9(7-15(10)2)21(13,19)20/h5,7-8H,3-4,6H2,1-2H3,(H,14,18)(H,16,17)(H2,13,19,20). The maximum atomic E-state index is 12.0. The van der Waals surface area contributed by atoms with Crippen LogP contribution in [-0.4, -0.2) is 36.5 Å². The number of nitrogens with zero attached hydrogens (tertiary/aromatic N) is 1. The molecule has 0 aliphatic heterocycles. The Morgan fingerprint density at radius 1 is 1.48 bits per heavy atom. The quantitative estimate of drug-likeness (QED) is 0.646. The lowest BCUT2D eigenvalue weighted by molar-refractivity contribution is -0.137. The minimum absolute atomic E-state index is 0.00281. The maximum absolute atomic E-state index is 12.0. The van der Waals surface area contributed by atoms with E-state index in [1.54, 1.807) is 0 Å². The Bertz CT molecular complexity index is 635. The summed E-state index contributed by atoms with van der Waals surface area (Å²) in [5, 5.41) is 16.2. The van der Waals surface area contributed by atoms with Gasteiger partial charge in [-0.3, -0.25) is 9.59 Å². The molecule has 1 rings (SSSR count). The number of aryl methyl sites for hydroxylation is 1. The molecule has 0 aliphatic carbocycles. The van der Waals surface area contributed by atoms with Gasteiger partial charge in [0.1, 0.15) is 10.6 Å². The van der Waals surface area contributed by atoms with E-state index in [4.69, 9.17) is 10.2 Å². The van der Waals surface area contributed by atoms with E-state index in [2.05, 4.69) is 5.32 Å². The van der Waals surface area contributed by atoms with Gasteiger partial charge in [0.2, 0.25) is 10.0 Å². The van der Waals surface area contributed by atoms with Crippen LogP contribution < -0.4 is 10.5 Å². The molecule has 1 heterocycles. The van der Waals surface area contributed by atoms with Crippen LogP contribution in [0.4, 0.5) is 0 Å². The molecule has 8 nitrogen and oxygen atoms in total. The van der Waals surface area contributed by atoms with Crippen molar-refractivity contribution in [2.24, 2.45) is 18.1 Å². The predicted molar refractivity (Wildman–Crippen MR) is 75.2 cm³/mol. The van der Waals surface area contributed by atoms with Crippen LogP contribution in [-0.2, 0) is 21.9 Å². The molecule has 0 saturated carbocycles. The molecule has 1 amide bonds. The molecule has 0 saturated heterocycles. The minimum atomic E-state index is -3.85. The van der Waals surface area contributed by atoms with E-state index < -0.39 is 21.9 Å². The van der Waals surface area contributed by atoms with E-state index in [0.717, 1.165) is 0 Å². The van der Waals surface area contributed by atoms with E-state index in [0.29, 0.717) is 13.0 Å². The number of carboxylic acid groups (broad SMARTS) is 1. The number of sulfonamides is 1. The van der Waals surface area contributed by atoms with Crippen molar-refractivity contribution in [3.8, 4) is 0 Å². The highest BCUT2D eigenvalue weighted by molar-refractivity contribution is 7.89. The number of carbonyl (C=O) groups excluding carboxylic acids is 1. The SMILES string of the molecule is CC(CCC(=O)O)CNC(=O)c1cc(S(N)(=O)=O)cn1C. The monoisotopic (exact) mass is 317 g/mol. The first-order chi connectivity index (χ1) is 9.61. The molecule has 1 atom stereocenters. The lowest BCUT2D eigenvalue weighted by Gasteiger charge is -2.11. The third-order valence-corrected chi connectivity index (χ3v) is 3.88. The minimum Gasteiger partial charge on any atom is -0.481 e. The van der Waals surface area contributed by atoms with Gasteiger partial charge in [0, 0.05) is 26.2 Å². The number of hydrogen-bond acceptors (Lipinski definition) is 4. The molecule has 0 spiro atoms. The van der Waals surface area contributed by atoms with Gasteiger partial charge in [0.05, 0.1) is 0 Å². The Morgan fingerprint density at radius 2 is 2.10 bits per heavy atom. The molecule has 0 radical (unpaired) electrons. The number of aliphatic carboxylic acids is 1. The Labute approximate surface area is 123 Å². The molecular weight excluding hydrogens is 298 g/mol. The van der Waals surface area contributed by atoms with Crippen molar-refractivity contribution in [2.75, 3.05) is 6.54 Å². The fourth-order valence-electron chi connectivity index (χ4n) is 1.74. The van der Waals surface area contributed by atoms with Crippen molar-refractivity contribution in [2.45, 2.75) is 24.7 Å². The summed E-state index contributed by atoms with van der Waals surface area (Å²) in [5.41, 5.74) is 0.171. The second kappa shape index (κ2) is 6.72. The zero-order chi connectivity index (χ0) is 16.2. The molecule has 0 aliphatic rings. The average Bonchev–Trinajstić information content (AvgIpc) is 2.75. The summed E-state index contributed by atoms with van der Waals surface area (Å²) >= 11 is 0. The van der Waals surface area contributed by atoms with Gasteiger partial charge in [-0.05, 0) is 18.4 Å². The summed E-state index contributed by atoms with van der Waals surface area (Å²) in [6, 6.07) is 1.20. The molecule has 4 N–H and O–H groups in total. The van der Waals surface area contributed by atoms with E-state index in [9.17, 15) is 18.0 Å². The third-order valence-electron chi connectivity index (χ3n) is 3.00. The van der Waals surface area contributed by atoms with Crippen LogP contribution in [0.1, 0.15) is 30.3 Å². The van der Waals surface area contributed by atoms with Crippen molar-refractivity contribution in [1.29, 1.82) is 0 Å². The number of hydrogen-bond donors (Lipinski definition) is 3. The number of nitrogens with two attached hydrogens (primary N) is 1. The summed E-state index contributed by atoms with van der Waals surface area (Å²) in [7, 11) is -2.31. The summed E-state index contributed by atoms with van der Waals surface area (Å²) in [4.78, 5) is 22.3. The lowest BCUT2D eigenvalue weighted by atomic mass is 10.1. The van der Waals surface area contributed by atoms with Gasteiger partial charge in [-0.15, -0.1) is 0 Å². The highest BCUT2D eigenvalue weighted by Gasteiger charge is 2.17. The predicted octanol–water partition coefficient (Wildman–Crippen LogP) is -0.0968. The first-order valence-corrected chi connectivity index (χ1v) is 7.85. The van der Waals surface area contributed by atoms with E-state index >= 15 is 0 Å². The fourth-order valence-corrected chi connectivity index (χ4v) is 2.33. The summed E-state index contributed by atoms with van der Waals surface area (Å²) < 4.78 is 23.8. The first kappa shape index (κ1) is 17.2. The highest BCUT2D eigenvalue weighted by atomic mass is 32.2. The largest absolute Gasteiger partial charge is 0.481 e. The van der Waals surface area contributed by atoms with Gasteiger partial charge in [0.25, 0.3) is 5.91 Å². The zero-order valence-corrected chi connectivity index (χ0v) is 12.7.